The van der Waals surface area contributed by atoms with Gasteiger partial charge >= 0.3 is 0 Å². The normalized spacial score (nSPS) is 16.3. The number of hydrazine groups is 1. The summed E-state index contributed by atoms with van der Waals surface area (Å²) in [5.74, 6) is 5.42. The van der Waals surface area contributed by atoms with Gasteiger partial charge in [-0.2, -0.15) is 0 Å². The molecule has 0 saturated heterocycles. The molecule has 0 aromatic heterocycles. The van der Waals surface area contributed by atoms with Crippen LogP contribution in [0.1, 0.15) is 32.8 Å². The van der Waals surface area contributed by atoms with Gasteiger partial charge in [-0.15, -0.1) is 0 Å². The van der Waals surface area contributed by atoms with Crippen LogP contribution < -0.4 is 11.3 Å². The quantitative estimate of drug-likeness (QED) is 0.580. The summed E-state index contributed by atoms with van der Waals surface area (Å²) in [5, 5.41) is 0. The summed E-state index contributed by atoms with van der Waals surface area (Å²) in [7, 11) is 0. The van der Waals surface area contributed by atoms with Gasteiger partial charge in [0.15, 0.2) is 0 Å². The van der Waals surface area contributed by atoms with E-state index in [0.29, 0.717) is 13.0 Å². The zero-order valence-electron chi connectivity index (χ0n) is 11.4. The standard InChI is InChI=1S/C14H23FN2O/c1-4-14(3,18-5-2)13(17-16)10-11-6-8-12(15)9-7-11/h6-9,13,17H,4-5,10,16H2,1-3H3. The number of hydrogen-bond donors (Lipinski definition) is 2. The van der Waals surface area contributed by atoms with E-state index in [1.165, 1.54) is 12.1 Å². The van der Waals surface area contributed by atoms with Crippen molar-refractivity contribution in [3.63, 3.8) is 0 Å². The van der Waals surface area contributed by atoms with Crippen molar-refractivity contribution in [2.24, 2.45) is 5.84 Å². The van der Waals surface area contributed by atoms with E-state index >= 15 is 0 Å². The lowest BCUT2D eigenvalue weighted by Crippen LogP contribution is -2.54. The van der Waals surface area contributed by atoms with Gasteiger partial charge in [0, 0.05) is 6.61 Å². The summed E-state index contributed by atoms with van der Waals surface area (Å²) in [6, 6.07) is 6.48. The Kier molecular flexibility index (Phi) is 5.72. The predicted octanol–water partition coefficient (Wildman–Crippen LogP) is 2.41. The van der Waals surface area contributed by atoms with E-state index in [-0.39, 0.29) is 17.5 Å². The maximum atomic E-state index is 12.9. The zero-order chi connectivity index (χ0) is 13.6. The molecule has 3 nitrogen and oxygen atoms in total. The minimum atomic E-state index is -0.322. The van der Waals surface area contributed by atoms with E-state index in [9.17, 15) is 4.39 Å². The highest BCUT2D eigenvalue weighted by Gasteiger charge is 2.32. The van der Waals surface area contributed by atoms with E-state index in [1.54, 1.807) is 12.1 Å². The van der Waals surface area contributed by atoms with Crippen molar-refractivity contribution in [3.05, 3.63) is 35.6 Å². The van der Waals surface area contributed by atoms with Gasteiger partial charge in [0.2, 0.25) is 0 Å². The van der Waals surface area contributed by atoms with Crippen LogP contribution in [0.4, 0.5) is 4.39 Å². The first-order valence-electron chi connectivity index (χ1n) is 6.40. The first kappa shape index (κ1) is 15.1. The number of benzene rings is 1. The molecule has 2 unspecified atom stereocenters. The lowest BCUT2D eigenvalue weighted by Gasteiger charge is -2.36. The molecule has 18 heavy (non-hydrogen) atoms. The van der Waals surface area contributed by atoms with Crippen molar-refractivity contribution in [2.45, 2.75) is 45.3 Å². The Morgan fingerprint density at radius 3 is 2.39 bits per heavy atom. The highest BCUT2D eigenvalue weighted by atomic mass is 19.1. The number of nitrogens with one attached hydrogen (secondary N) is 1. The average molecular weight is 254 g/mol. The first-order chi connectivity index (χ1) is 8.55. The summed E-state index contributed by atoms with van der Waals surface area (Å²) in [6.07, 6.45) is 1.57. The summed E-state index contributed by atoms with van der Waals surface area (Å²) >= 11 is 0. The maximum Gasteiger partial charge on any atom is 0.123 e. The fourth-order valence-corrected chi connectivity index (χ4v) is 2.09. The van der Waals surface area contributed by atoms with Gasteiger partial charge in [-0.05, 0) is 44.4 Å². The maximum absolute atomic E-state index is 12.9. The van der Waals surface area contributed by atoms with Gasteiger partial charge in [-0.3, -0.25) is 11.3 Å². The molecule has 0 radical (unpaired) electrons. The Bertz CT molecular complexity index is 355. The molecule has 0 saturated carbocycles. The molecule has 0 bridgehead atoms. The second-order valence-corrected chi connectivity index (χ2v) is 4.65. The van der Waals surface area contributed by atoms with Crippen LogP contribution in [-0.4, -0.2) is 18.2 Å². The largest absolute Gasteiger partial charge is 0.374 e. The smallest absolute Gasteiger partial charge is 0.123 e. The van der Waals surface area contributed by atoms with Crippen LogP contribution in [0.25, 0.3) is 0 Å². The second kappa shape index (κ2) is 6.83. The molecule has 0 aliphatic carbocycles. The molecule has 4 heteroatoms. The van der Waals surface area contributed by atoms with Gasteiger partial charge in [0.05, 0.1) is 11.6 Å². The Hall–Kier alpha value is -0.970. The Morgan fingerprint density at radius 1 is 1.33 bits per heavy atom. The molecule has 0 aliphatic heterocycles. The summed E-state index contributed by atoms with van der Waals surface area (Å²) in [4.78, 5) is 0. The van der Waals surface area contributed by atoms with Crippen molar-refractivity contribution in [1.82, 2.24) is 5.43 Å². The summed E-state index contributed by atoms with van der Waals surface area (Å²) in [6.45, 7) is 6.74. The van der Waals surface area contributed by atoms with Crippen LogP contribution in [0, 0.1) is 5.82 Å². The topological polar surface area (TPSA) is 47.3 Å². The number of rotatable bonds is 7. The fourth-order valence-electron chi connectivity index (χ4n) is 2.09. The molecule has 1 aromatic rings. The van der Waals surface area contributed by atoms with Crippen LogP contribution in [0.2, 0.25) is 0 Å². The molecule has 0 spiro atoms. The monoisotopic (exact) mass is 254 g/mol. The van der Waals surface area contributed by atoms with Crippen molar-refractivity contribution >= 4 is 0 Å². The summed E-state index contributed by atoms with van der Waals surface area (Å²) in [5.41, 5.74) is 3.54. The number of halogens is 1. The minimum Gasteiger partial charge on any atom is -0.374 e. The van der Waals surface area contributed by atoms with E-state index < -0.39 is 0 Å². The van der Waals surface area contributed by atoms with Crippen molar-refractivity contribution in [2.75, 3.05) is 6.61 Å². The van der Waals surface area contributed by atoms with Crippen molar-refractivity contribution < 1.29 is 9.13 Å². The SMILES string of the molecule is CCOC(C)(CC)C(Cc1ccc(F)cc1)NN. The average Bonchev–Trinajstić information content (AvgIpc) is 2.38. The minimum absolute atomic E-state index is 0.00656. The molecule has 0 aliphatic rings. The lowest BCUT2D eigenvalue weighted by molar-refractivity contribution is -0.0550. The molecular formula is C14H23FN2O. The molecule has 0 amide bonds. The third-order valence-electron chi connectivity index (χ3n) is 3.47. The number of ether oxygens (including phenoxy) is 1. The van der Waals surface area contributed by atoms with E-state index in [2.05, 4.69) is 12.3 Å². The van der Waals surface area contributed by atoms with Crippen molar-refractivity contribution in [3.8, 4) is 0 Å². The van der Waals surface area contributed by atoms with E-state index in [0.717, 1.165) is 12.0 Å². The Balaban J connectivity index is 2.79. The molecule has 0 fully saturated rings. The van der Waals surface area contributed by atoms with Gasteiger partial charge < -0.3 is 4.74 Å². The second-order valence-electron chi connectivity index (χ2n) is 4.65. The predicted molar refractivity (Wildman–Crippen MR) is 71.5 cm³/mol. The third kappa shape index (κ3) is 3.77. The fraction of sp³-hybridized carbons (Fsp3) is 0.571. The molecule has 2 atom stereocenters. The van der Waals surface area contributed by atoms with Gasteiger partial charge in [0.25, 0.3) is 0 Å². The van der Waals surface area contributed by atoms with E-state index in [1.807, 2.05) is 13.8 Å². The van der Waals surface area contributed by atoms with Crippen LogP contribution in [-0.2, 0) is 11.2 Å². The van der Waals surface area contributed by atoms with Gasteiger partial charge in [-0.1, -0.05) is 19.1 Å². The first-order valence-corrected chi connectivity index (χ1v) is 6.40. The summed E-state index contributed by atoms with van der Waals surface area (Å²) < 4.78 is 18.7. The Labute approximate surface area is 108 Å². The van der Waals surface area contributed by atoms with E-state index in [4.69, 9.17) is 10.6 Å². The van der Waals surface area contributed by atoms with Crippen LogP contribution in [0.3, 0.4) is 0 Å². The Morgan fingerprint density at radius 2 is 1.94 bits per heavy atom. The highest BCUT2D eigenvalue weighted by Crippen LogP contribution is 2.23. The van der Waals surface area contributed by atoms with Crippen LogP contribution in [0.5, 0.6) is 0 Å². The number of nitrogens with two attached hydrogens (primary N) is 1. The molecule has 1 aromatic carbocycles. The van der Waals surface area contributed by atoms with Crippen molar-refractivity contribution in [1.29, 1.82) is 0 Å². The zero-order valence-corrected chi connectivity index (χ0v) is 11.4. The van der Waals surface area contributed by atoms with Crippen LogP contribution >= 0.6 is 0 Å². The molecule has 3 N–H and O–H groups in total. The number of hydrogen-bond acceptors (Lipinski definition) is 3. The molecular weight excluding hydrogens is 231 g/mol. The molecule has 1 rings (SSSR count). The lowest BCUT2D eigenvalue weighted by atomic mass is 9.88. The van der Waals surface area contributed by atoms with Gasteiger partial charge in [0.1, 0.15) is 5.82 Å². The highest BCUT2D eigenvalue weighted by molar-refractivity contribution is 5.18. The van der Waals surface area contributed by atoms with Crippen LogP contribution in [0.15, 0.2) is 24.3 Å². The third-order valence-corrected chi connectivity index (χ3v) is 3.47. The molecule has 0 heterocycles. The molecule has 102 valence electrons. The van der Waals surface area contributed by atoms with Gasteiger partial charge in [-0.25, -0.2) is 4.39 Å².